The maximum absolute atomic E-state index is 12.3. The zero-order chi connectivity index (χ0) is 30.3. The average molecular weight is 582 g/mol. The van der Waals surface area contributed by atoms with Crippen LogP contribution in [0.4, 0.5) is 0 Å². The third-order valence-electron chi connectivity index (χ3n) is 5.40. The Labute approximate surface area is 232 Å². The number of aliphatic imine (C=N–C) groups is 1. The van der Waals surface area contributed by atoms with Crippen molar-refractivity contribution in [3.63, 3.8) is 0 Å². The zero-order valence-electron chi connectivity index (χ0n) is 23.0. The summed E-state index contributed by atoms with van der Waals surface area (Å²) in [7, 11) is 2.63. The minimum absolute atomic E-state index is 0.00798. The van der Waals surface area contributed by atoms with Gasteiger partial charge in [-0.2, -0.15) is 0 Å². The molecule has 0 rings (SSSR count). The maximum Gasteiger partial charge on any atom is 0.320 e. The summed E-state index contributed by atoms with van der Waals surface area (Å²) >= 11 is 0. The van der Waals surface area contributed by atoms with Gasteiger partial charge in [-0.25, -0.2) is 19.6 Å². The molecule has 0 heterocycles. The van der Waals surface area contributed by atoms with Crippen LogP contribution in [0.3, 0.4) is 0 Å². The van der Waals surface area contributed by atoms with Gasteiger partial charge in [0.05, 0.1) is 27.3 Å². The predicted molar refractivity (Wildman–Crippen MR) is 139 cm³/mol. The standard InChI is InChI=1S/C22H43N7O11/c1-37-39-15-28(16-40-38-2)10-12-29(11-9-27(13-19(31)32)14-20(33)34)17(21(35)36)5-6-18(30)25-7-3-4-8-26-22(23)24/h17H,3-16H2,1-2H3,(H,25,30)(H,31,32)(H,33,34)(H,35,36)(H4,23,24,26). The first-order valence-corrected chi connectivity index (χ1v) is 12.5. The summed E-state index contributed by atoms with van der Waals surface area (Å²) < 4.78 is 0. The molecule has 0 aromatic rings. The van der Waals surface area contributed by atoms with Gasteiger partial charge in [0.1, 0.15) is 19.5 Å². The Hall–Kier alpha value is -3.13. The maximum atomic E-state index is 12.3. The molecule has 0 saturated carbocycles. The van der Waals surface area contributed by atoms with Gasteiger partial charge < -0.3 is 32.1 Å². The van der Waals surface area contributed by atoms with Gasteiger partial charge in [0.2, 0.25) is 5.91 Å². The van der Waals surface area contributed by atoms with Gasteiger partial charge in [-0.1, -0.05) is 0 Å². The number of hydrogen-bond acceptors (Lipinski definition) is 12. The summed E-state index contributed by atoms with van der Waals surface area (Å²) in [6.07, 6.45) is 1.15. The first-order valence-electron chi connectivity index (χ1n) is 12.5. The first kappa shape index (κ1) is 36.9. The molecule has 0 aromatic heterocycles. The number of amides is 1. The van der Waals surface area contributed by atoms with Gasteiger partial charge in [-0.15, -0.1) is 0 Å². The largest absolute Gasteiger partial charge is 0.480 e. The summed E-state index contributed by atoms with van der Waals surface area (Å²) in [6, 6.07) is -1.13. The van der Waals surface area contributed by atoms with E-state index in [2.05, 4.69) is 20.1 Å². The fraction of sp³-hybridized carbons (Fsp3) is 0.773. The summed E-state index contributed by atoms with van der Waals surface area (Å²) in [5.41, 5.74) is 10.5. The third kappa shape index (κ3) is 19.9. The SMILES string of the molecule is COOCN(CCN(CCN(CC(=O)O)CC(=O)O)C(CCC(=O)NCCCCN=C(N)N)C(=O)O)COOC. The minimum Gasteiger partial charge on any atom is -0.480 e. The molecule has 8 N–H and O–H groups in total. The number of unbranched alkanes of at least 4 members (excludes halogenated alkanes) is 1. The second kappa shape index (κ2) is 22.7. The van der Waals surface area contributed by atoms with Crippen molar-refractivity contribution in [2.75, 3.05) is 80.0 Å². The lowest BCUT2D eigenvalue weighted by Crippen LogP contribution is -2.49. The highest BCUT2D eigenvalue weighted by atomic mass is 17.2. The summed E-state index contributed by atoms with van der Waals surface area (Å²) in [5, 5.41) is 30.9. The molecule has 1 unspecified atom stereocenters. The molecule has 0 saturated heterocycles. The van der Waals surface area contributed by atoms with Gasteiger partial charge in [0, 0.05) is 45.7 Å². The Bertz CT molecular complexity index is 760. The Balaban J connectivity index is 5.37. The van der Waals surface area contributed by atoms with Gasteiger partial charge in [-0.05, 0) is 19.3 Å². The molecule has 0 aliphatic carbocycles. The molecule has 0 fully saturated rings. The molecule has 1 amide bonds. The molecule has 0 bridgehead atoms. The van der Waals surface area contributed by atoms with Crippen LogP contribution in [0, 0.1) is 0 Å². The number of carboxylic acids is 3. The quantitative estimate of drug-likeness (QED) is 0.0155. The number of carboxylic acid groups (broad SMARTS) is 3. The number of nitrogens with zero attached hydrogens (tertiary/aromatic N) is 4. The topological polar surface area (TPSA) is 252 Å². The van der Waals surface area contributed by atoms with Crippen molar-refractivity contribution in [1.29, 1.82) is 0 Å². The lowest BCUT2D eigenvalue weighted by molar-refractivity contribution is -0.334. The van der Waals surface area contributed by atoms with E-state index in [4.69, 9.17) is 31.5 Å². The van der Waals surface area contributed by atoms with Crippen LogP contribution >= 0.6 is 0 Å². The Kier molecular flexibility index (Phi) is 20.9. The van der Waals surface area contributed by atoms with E-state index < -0.39 is 37.0 Å². The van der Waals surface area contributed by atoms with Crippen molar-refractivity contribution in [2.24, 2.45) is 16.5 Å². The monoisotopic (exact) mass is 581 g/mol. The molecule has 0 radical (unpaired) electrons. The molecule has 0 aromatic carbocycles. The lowest BCUT2D eigenvalue weighted by Gasteiger charge is -2.32. The molecule has 1 atom stereocenters. The van der Waals surface area contributed by atoms with E-state index in [9.17, 15) is 24.3 Å². The number of hydrogen-bond donors (Lipinski definition) is 6. The minimum atomic E-state index is -1.22. The van der Waals surface area contributed by atoms with E-state index in [1.807, 2.05) is 0 Å². The van der Waals surface area contributed by atoms with Crippen LogP contribution in [0.5, 0.6) is 0 Å². The average Bonchev–Trinajstić information content (AvgIpc) is 2.86. The van der Waals surface area contributed by atoms with Gasteiger partial charge in [0.15, 0.2) is 5.96 Å². The molecule has 18 nitrogen and oxygen atoms in total. The van der Waals surface area contributed by atoms with E-state index >= 15 is 0 Å². The van der Waals surface area contributed by atoms with Crippen LogP contribution < -0.4 is 16.8 Å². The van der Waals surface area contributed by atoms with Gasteiger partial charge >= 0.3 is 17.9 Å². The fourth-order valence-electron chi connectivity index (χ4n) is 3.47. The van der Waals surface area contributed by atoms with Crippen LogP contribution in [0.1, 0.15) is 25.7 Å². The van der Waals surface area contributed by atoms with Crippen molar-refractivity contribution in [3.8, 4) is 0 Å². The Morgan fingerprint density at radius 2 is 1.40 bits per heavy atom. The van der Waals surface area contributed by atoms with E-state index in [0.717, 1.165) is 0 Å². The smallest absolute Gasteiger partial charge is 0.320 e. The van der Waals surface area contributed by atoms with Crippen LogP contribution in [-0.4, -0.2) is 146 Å². The van der Waals surface area contributed by atoms with Crippen molar-refractivity contribution >= 4 is 29.8 Å². The van der Waals surface area contributed by atoms with Crippen molar-refractivity contribution in [1.82, 2.24) is 20.0 Å². The number of nitrogens with two attached hydrogens (primary N) is 2. The number of nitrogens with one attached hydrogen (secondary N) is 1. The van der Waals surface area contributed by atoms with E-state index in [0.29, 0.717) is 25.9 Å². The molecule has 0 aliphatic heterocycles. The van der Waals surface area contributed by atoms with Crippen LogP contribution in [0.15, 0.2) is 4.99 Å². The van der Waals surface area contributed by atoms with E-state index in [1.54, 1.807) is 4.90 Å². The van der Waals surface area contributed by atoms with Crippen molar-refractivity contribution < 1.29 is 54.0 Å². The lowest BCUT2D eigenvalue weighted by atomic mass is 10.1. The second-order valence-corrected chi connectivity index (χ2v) is 8.51. The third-order valence-corrected chi connectivity index (χ3v) is 5.40. The highest BCUT2D eigenvalue weighted by Gasteiger charge is 2.28. The van der Waals surface area contributed by atoms with E-state index in [-0.39, 0.29) is 64.3 Å². The predicted octanol–water partition coefficient (Wildman–Crippen LogP) is -2.46. The second-order valence-electron chi connectivity index (χ2n) is 8.51. The number of rotatable bonds is 26. The van der Waals surface area contributed by atoms with Crippen molar-refractivity contribution in [2.45, 2.75) is 31.7 Å². The summed E-state index contributed by atoms with van der Waals surface area (Å²) in [5.74, 6) is -3.99. The highest BCUT2D eigenvalue weighted by molar-refractivity contribution is 5.78. The Morgan fingerprint density at radius 3 is 1.88 bits per heavy atom. The highest BCUT2D eigenvalue weighted by Crippen LogP contribution is 2.10. The van der Waals surface area contributed by atoms with Gasteiger partial charge in [-0.3, -0.25) is 38.9 Å². The molecule has 40 heavy (non-hydrogen) atoms. The molecule has 18 heteroatoms. The van der Waals surface area contributed by atoms with Crippen LogP contribution in [0.25, 0.3) is 0 Å². The molecular formula is C22H43N7O11. The Morgan fingerprint density at radius 1 is 0.850 bits per heavy atom. The zero-order valence-corrected chi connectivity index (χ0v) is 23.0. The molecule has 232 valence electrons. The van der Waals surface area contributed by atoms with Crippen molar-refractivity contribution in [3.05, 3.63) is 0 Å². The van der Waals surface area contributed by atoms with E-state index in [1.165, 1.54) is 24.0 Å². The van der Waals surface area contributed by atoms with Crippen LogP contribution in [-0.2, 0) is 38.7 Å². The molecule has 0 spiro atoms. The fourth-order valence-corrected chi connectivity index (χ4v) is 3.47. The molecule has 0 aliphatic rings. The number of carbonyl (C=O) groups is 4. The van der Waals surface area contributed by atoms with Crippen LogP contribution in [0.2, 0.25) is 0 Å². The number of aliphatic carboxylic acids is 3. The summed E-state index contributed by atoms with van der Waals surface area (Å²) in [4.78, 5) is 74.1. The number of guanidine groups is 1. The summed E-state index contributed by atoms with van der Waals surface area (Å²) in [6.45, 7) is -0.0832. The normalized spacial score (nSPS) is 12.0. The molecular weight excluding hydrogens is 538 g/mol. The number of carbonyl (C=O) groups excluding carboxylic acids is 1. The van der Waals surface area contributed by atoms with Gasteiger partial charge in [0.25, 0.3) is 0 Å². The first-order chi connectivity index (χ1) is 19.0.